The van der Waals surface area contributed by atoms with E-state index in [2.05, 4.69) is 5.32 Å². The molecule has 1 aromatic rings. The molecule has 22 heavy (non-hydrogen) atoms. The fourth-order valence-electron chi connectivity index (χ4n) is 1.54. The van der Waals surface area contributed by atoms with Crippen LogP contribution in [0.5, 0.6) is 0 Å². The van der Waals surface area contributed by atoms with Gasteiger partial charge in [0.1, 0.15) is 13.0 Å². The van der Waals surface area contributed by atoms with Gasteiger partial charge in [-0.15, -0.1) is 0 Å². The first kappa shape index (κ1) is 17.5. The number of rotatable bonds is 5. The minimum Gasteiger partial charge on any atom is -0.478 e. The average molecular weight is 318 g/mol. The predicted octanol–water partition coefficient (Wildman–Crippen LogP) is 1.70. The molecule has 0 aromatic heterocycles. The number of amides is 2. The molecule has 0 saturated heterocycles. The zero-order chi connectivity index (χ0) is 16.9. The summed E-state index contributed by atoms with van der Waals surface area (Å²) in [5.41, 5.74) is 0.587. The zero-order valence-electron chi connectivity index (χ0n) is 11.5. The monoisotopic (exact) mass is 318 g/mol. The Morgan fingerprint density at radius 3 is 2.36 bits per heavy atom. The Bertz CT molecular complexity index is 599. The summed E-state index contributed by atoms with van der Waals surface area (Å²) in [7, 11) is 0. The van der Waals surface area contributed by atoms with Crippen LogP contribution < -0.4 is 10.6 Å². The summed E-state index contributed by atoms with van der Waals surface area (Å²) in [6, 6.07) is 4.08. The van der Waals surface area contributed by atoms with E-state index in [9.17, 15) is 27.6 Å². The summed E-state index contributed by atoms with van der Waals surface area (Å²) in [5, 5.41) is 12.7. The number of hydrogen-bond acceptors (Lipinski definition) is 3. The Morgan fingerprint density at radius 2 is 1.82 bits per heavy atom. The summed E-state index contributed by atoms with van der Waals surface area (Å²) in [5.74, 6) is -3.11. The van der Waals surface area contributed by atoms with E-state index in [4.69, 9.17) is 5.11 Å². The molecule has 1 aromatic carbocycles. The molecule has 0 saturated carbocycles. The van der Waals surface area contributed by atoms with Crippen LogP contribution in [0.4, 0.5) is 18.9 Å². The van der Waals surface area contributed by atoms with Crippen LogP contribution >= 0.6 is 0 Å². The SMILES string of the molecule is Cc1ccc(NC(=O)CC(=O)NCC(F)(F)F)cc1C(=O)O. The van der Waals surface area contributed by atoms with Crippen LogP contribution in [0.15, 0.2) is 18.2 Å². The predicted molar refractivity (Wildman–Crippen MR) is 70.4 cm³/mol. The van der Waals surface area contributed by atoms with Gasteiger partial charge in [-0.1, -0.05) is 6.07 Å². The summed E-state index contributed by atoms with van der Waals surface area (Å²) >= 11 is 0. The van der Waals surface area contributed by atoms with Crippen molar-refractivity contribution in [2.24, 2.45) is 0 Å². The van der Waals surface area contributed by atoms with Gasteiger partial charge < -0.3 is 15.7 Å². The Kier molecular flexibility index (Phi) is 5.50. The Morgan fingerprint density at radius 1 is 1.18 bits per heavy atom. The molecule has 3 N–H and O–H groups in total. The van der Waals surface area contributed by atoms with Crippen LogP contribution in [0.2, 0.25) is 0 Å². The highest BCUT2D eigenvalue weighted by Crippen LogP contribution is 2.16. The molecule has 0 aliphatic heterocycles. The van der Waals surface area contributed by atoms with E-state index in [1.165, 1.54) is 18.2 Å². The summed E-state index contributed by atoms with van der Waals surface area (Å²) in [6.07, 6.45) is -5.36. The third-order valence-corrected chi connectivity index (χ3v) is 2.56. The topological polar surface area (TPSA) is 95.5 Å². The lowest BCUT2D eigenvalue weighted by Gasteiger charge is -2.09. The normalized spacial score (nSPS) is 10.9. The van der Waals surface area contributed by atoms with Crippen LogP contribution in [-0.4, -0.2) is 35.6 Å². The van der Waals surface area contributed by atoms with Gasteiger partial charge in [-0.25, -0.2) is 4.79 Å². The van der Waals surface area contributed by atoms with Gasteiger partial charge in [-0.05, 0) is 24.6 Å². The van der Waals surface area contributed by atoms with E-state index >= 15 is 0 Å². The molecular weight excluding hydrogens is 305 g/mol. The molecule has 0 aliphatic rings. The number of carboxylic acids is 1. The van der Waals surface area contributed by atoms with Crippen molar-refractivity contribution in [1.29, 1.82) is 0 Å². The van der Waals surface area contributed by atoms with E-state index in [1.54, 1.807) is 12.2 Å². The number of aromatic carboxylic acids is 1. The summed E-state index contributed by atoms with van der Waals surface area (Å²) < 4.78 is 35.7. The second-order valence-electron chi connectivity index (χ2n) is 4.45. The number of anilines is 1. The molecule has 9 heteroatoms. The molecule has 0 unspecified atom stereocenters. The van der Waals surface area contributed by atoms with Crippen molar-refractivity contribution >= 4 is 23.5 Å². The second kappa shape index (κ2) is 6.92. The van der Waals surface area contributed by atoms with Gasteiger partial charge in [0.05, 0.1) is 5.56 Å². The van der Waals surface area contributed by atoms with Crippen molar-refractivity contribution < 1.29 is 32.7 Å². The molecule has 0 heterocycles. The minimum atomic E-state index is -4.56. The van der Waals surface area contributed by atoms with Crippen LogP contribution in [0, 0.1) is 6.92 Å². The van der Waals surface area contributed by atoms with Crippen LogP contribution in [-0.2, 0) is 9.59 Å². The minimum absolute atomic E-state index is 0.0284. The van der Waals surface area contributed by atoms with Crippen molar-refractivity contribution in [2.45, 2.75) is 19.5 Å². The molecular formula is C13H13F3N2O4. The second-order valence-corrected chi connectivity index (χ2v) is 4.45. The quantitative estimate of drug-likeness (QED) is 0.720. The van der Waals surface area contributed by atoms with E-state index < -0.39 is 36.9 Å². The number of carbonyl (C=O) groups is 3. The van der Waals surface area contributed by atoms with Crippen molar-refractivity contribution in [3.05, 3.63) is 29.3 Å². The fraction of sp³-hybridized carbons (Fsp3) is 0.308. The molecule has 0 aliphatic carbocycles. The van der Waals surface area contributed by atoms with Crippen LogP contribution in [0.3, 0.4) is 0 Å². The molecule has 0 spiro atoms. The van der Waals surface area contributed by atoms with E-state index in [0.29, 0.717) is 5.56 Å². The average Bonchev–Trinajstić information content (AvgIpc) is 2.37. The van der Waals surface area contributed by atoms with E-state index in [0.717, 1.165) is 0 Å². The maximum atomic E-state index is 11.9. The number of hydrogen-bond donors (Lipinski definition) is 3. The highest BCUT2D eigenvalue weighted by atomic mass is 19.4. The van der Waals surface area contributed by atoms with Gasteiger partial charge in [-0.3, -0.25) is 9.59 Å². The van der Waals surface area contributed by atoms with Gasteiger partial charge in [0, 0.05) is 5.69 Å². The van der Waals surface area contributed by atoms with Crippen molar-refractivity contribution in [2.75, 3.05) is 11.9 Å². The highest BCUT2D eigenvalue weighted by Gasteiger charge is 2.28. The number of aryl methyl sites for hydroxylation is 1. The standard InChI is InChI=1S/C13H13F3N2O4/c1-7-2-3-8(4-9(7)12(21)22)18-11(20)5-10(19)17-6-13(14,15)16/h2-4H,5-6H2,1H3,(H,17,19)(H,18,20)(H,21,22). The van der Waals surface area contributed by atoms with Gasteiger partial charge in [0.15, 0.2) is 0 Å². The number of carbonyl (C=O) groups excluding carboxylic acids is 2. The smallest absolute Gasteiger partial charge is 0.405 e. The number of halogens is 3. The summed E-state index contributed by atoms with van der Waals surface area (Å²) in [6.45, 7) is 0.0481. The van der Waals surface area contributed by atoms with Crippen molar-refractivity contribution in [3.8, 4) is 0 Å². The van der Waals surface area contributed by atoms with Gasteiger partial charge in [0.25, 0.3) is 0 Å². The molecule has 6 nitrogen and oxygen atoms in total. The molecule has 0 atom stereocenters. The molecule has 120 valence electrons. The van der Waals surface area contributed by atoms with Gasteiger partial charge in [0.2, 0.25) is 11.8 Å². The molecule has 0 bridgehead atoms. The zero-order valence-corrected chi connectivity index (χ0v) is 11.5. The number of alkyl halides is 3. The molecule has 2 amide bonds. The van der Waals surface area contributed by atoms with Gasteiger partial charge in [-0.2, -0.15) is 13.2 Å². The first-order valence-electron chi connectivity index (χ1n) is 6.06. The van der Waals surface area contributed by atoms with Gasteiger partial charge >= 0.3 is 12.1 Å². The third kappa shape index (κ3) is 5.81. The van der Waals surface area contributed by atoms with Crippen LogP contribution in [0.25, 0.3) is 0 Å². The van der Waals surface area contributed by atoms with Crippen LogP contribution in [0.1, 0.15) is 22.3 Å². The summed E-state index contributed by atoms with van der Waals surface area (Å²) in [4.78, 5) is 33.6. The Labute approximate surface area is 123 Å². The number of benzene rings is 1. The molecule has 1 rings (SSSR count). The Hall–Kier alpha value is -2.58. The maximum absolute atomic E-state index is 11.9. The maximum Gasteiger partial charge on any atom is 0.405 e. The Balaban J connectivity index is 2.60. The highest BCUT2D eigenvalue weighted by molar-refractivity contribution is 6.04. The number of carboxylic acid groups (broad SMARTS) is 1. The van der Waals surface area contributed by atoms with E-state index in [-0.39, 0.29) is 11.3 Å². The molecule has 0 radical (unpaired) electrons. The largest absolute Gasteiger partial charge is 0.478 e. The third-order valence-electron chi connectivity index (χ3n) is 2.56. The lowest BCUT2D eigenvalue weighted by molar-refractivity contribution is -0.140. The van der Waals surface area contributed by atoms with E-state index in [1.807, 2.05) is 0 Å². The molecule has 0 fully saturated rings. The number of nitrogens with one attached hydrogen (secondary N) is 2. The fourth-order valence-corrected chi connectivity index (χ4v) is 1.54. The first-order valence-corrected chi connectivity index (χ1v) is 6.06. The van der Waals surface area contributed by atoms with Crippen molar-refractivity contribution in [3.63, 3.8) is 0 Å². The lowest BCUT2D eigenvalue weighted by Crippen LogP contribution is -2.35. The first-order chi connectivity index (χ1) is 10.1. The van der Waals surface area contributed by atoms with Crippen molar-refractivity contribution in [1.82, 2.24) is 5.32 Å². The lowest BCUT2D eigenvalue weighted by atomic mass is 10.1.